The Morgan fingerprint density at radius 3 is 2.43 bits per heavy atom. The molecular weight excluding hydrogens is 354 g/mol. The molecule has 1 saturated heterocycles. The Morgan fingerprint density at radius 1 is 0.964 bits per heavy atom. The molecule has 0 radical (unpaired) electrons. The maximum absolute atomic E-state index is 11.4. The number of benzene rings is 2. The molecule has 28 heavy (non-hydrogen) atoms. The van der Waals surface area contributed by atoms with Crippen LogP contribution < -0.4 is 4.74 Å². The van der Waals surface area contributed by atoms with E-state index in [1.807, 2.05) is 29.2 Å². The first-order valence-corrected chi connectivity index (χ1v) is 10.1. The second-order valence-electron chi connectivity index (χ2n) is 7.10. The molecule has 0 spiro atoms. The smallest absolute Gasteiger partial charge is 0.348 e. The van der Waals surface area contributed by atoms with Crippen molar-refractivity contribution >= 4 is 5.97 Å². The minimum absolute atomic E-state index is 0.375. The third-order valence-corrected chi connectivity index (χ3v) is 5.00. The van der Waals surface area contributed by atoms with Gasteiger partial charge in [-0.3, -0.25) is 4.90 Å². The minimum Gasteiger partial charge on any atom is -0.493 e. The van der Waals surface area contributed by atoms with Gasteiger partial charge in [0.2, 0.25) is 6.23 Å². The van der Waals surface area contributed by atoms with Gasteiger partial charge in [-0.15, -0.1) is 0 Å². The maximum Gasteiger partial charge on any atom is 0.348 e. The van der Waals surface area contributed by atoms with Crippen LogP contribution in [-0.4, -0.2) is 48.5 Å². The molecule has 1 heterocycles. The van der Waals surface area contributed by atoms with Crippen molar-refractivity contribution < 1.29 is 19.4 Å². The normalized spacial score (nSPS) is 15.4. The van der Waals surface area contributed by atoms with Crippen molar-refractivity contribution in [1.82, 2.24) is 4.90 Å². The second kappa shape index (κ2) is 10.8. The van der Waals surface area contributed by atoms with E-state index in [1.54, 1.807) is 0 Å². The Balaban J connectivity index is 1.42. The molecule has 1 fully saturated rings. The Morgan fingerprint density at radius 2 is 1.68 bits per heavy atom. The van der Waals surface area contributed by atoms with Gasteiger partial charge in [-0.1, -0.05) is 48.5 Å². The lowest BCUT2D eigenvalue weighted by Crippen LogP contribution is -2.41. The largest absolute Gasteiger partial charge is 0.493 e. The van der Waals surface area contributed by atoms with Crippen LogP contribution in [0.3, 0.4) is 0 Å². The number of carboxylic acid groups (broad SMARTS) is 1. The monoisotopic (exact) mass is 383 g/mol. The van der Waals surface area contributed by atoms with Crippen LogP contribution in [0.25, 0.3) is 0 Å². The van der Waals surface area contributed by atoms with Gasteiger partial charge in [-0.2, -0.15) is 0 Å². The lowest BCUT2D eigenvalue weighted by molar-refractivity contribution is -0.163. The Kier molecular flexibility index (Phi) is 7.88. The second-order valence-corrected chi connectivity index (χ2v) is 7.10. The zero-order valence-electron chi connectivity index (χ0n) is 16.3. The number of carbonyl (C=O) groups is 1. The highest BCUT2D eigenvalue weighted by Gasteiger charge is 2.28. The standard InChI is InChI=1S/C23H29NO4/c25-23(26)22(24-15-6-7-16-24)28-18-8-17-27-21-12-5-4-11-20(21)14-13-19-9-2-1-3-10-19/h1-5,9-12,22H,6-8,13-18H2,(H,25,26). The zero-order chi connectivity index (χ0) is 19.6. The molecule has 1 atom stereocenters. The molecule has 1 aliphatic heterocycles. The van der Waals surface area contributed by atoms with Crippen LogP contribution in [0.15, 0.2) is 54.6 Å². The number of para-hydroxylation sites is 1. The van der Waals surface area contributed by atoms with Crippen molar-refractivity contribution in [3.05, 3.63) is 65.7 Å². The summed E-state index contributed by atoms with van der Waals surface area (Å²) >= 11 is 0. The van der Waals surface area contributed by atoms with Crippen molar-refractivity contribution in [2.45, 2.75) is 38.3 Å². The van der Waals surface area contributed by atoms with Crippen LogP contribution in [0.4, 0.5) is 0 Å². The van der Waals surface area contributed by atoms with E-state index in [4.69, 9.17) is 9.47 Å². The molecule has 2 aromatic carbocycles. The fourth-order valence-electron chi connectivity index (χ4n) is 3.52. The molecule has 0 saturated carbocycles. The molecule has 5 nitrogen and oxygen atoms in total. The number of aliphatic carboxylic acids is 1. The predicted molar refractivity (Wildman–Crippen MR) is 109 cm³/mol. The number of hydrogen-bond donors (Lipinski definition) is 1. The SMILES string of the molecule is O=C(O)C(OCCCOc1ccccc1CCc1ccccc1)N1CCCC1. The van der Waals surface area contributed by atoms with E-state index < -0.39 is 12.2 Å². The van der Waals surface area contributed by atoms with Crippen LogP contribution in [0, 0.1) is 0 Å². The van der Waals surface area contributed by atoms with Crippen LogP contribution >= 0.6 is 0 Å². The van der Waals surface area contributed by atoms with E-state index in [0.717, 1.165) is 44.5 Å². The summed E-state index contributed by atoms with van der Waals surface area (Å²) < 4.78 is 11.6. The van der Waals surface area contributed by atoms with Gasteiger partial charge in [-0.05, 0) is 42.9 Å². The van der Waals surface area contributed by atoms with E-state index >= 15 is 0 Å². The molecule has 1 unspecified atom stereocenters. The Bertz CT molecular complexity index is 728. The van der Waals surface area contributed by atoms with E-state index in [0.29, 0.717) is 19.6 Å². The molecule has 0 aliphatic carbocycles. The van der Waals surface area contributed by atoms with Crippen molar-refractivity contribution in [3.8, 4) is 5.75 Å². The number of aryl methyl sites for hydroxylation is 2. The number of hydrogen-bond acceptors (Lipinski definition) is 4. The molecule has 0 bridgehead atoms. The third kappa shape index (κ3) is 6.08. The summed E-state index contributed by atoms with van der Waals surface area (Å²) in [7, 11) is 0. The molecule has 0 aromatic heterocycles. The molecule has 3 rings (SSSR count). The summed E-state index contributed by atoms with van der Waals surface area (Å²) in [6.45, 7) is 2.47. The molecule has 1 aliphatic rings. The average Bonchev–Trinajstić information content (AvgIpc) is 3.24. The number of nitrogens with zero attached hydrogens (tertiary/aromatic N) is 1. The molecule has 5 heteroatoms. The lowest BCUT2D eigenvalue weighted by atomic mass is 10.0. The molecule has 1 N–H and O–H groups in total. The van der Waals surface area contributed by atoms with Gasteiger partial charge in [0.25, 0.3) is 0 Å². The summed E-state index contributed by atoms with van der Waals surface area (Å²) in [4.78, 5) is 13.3. The first-order chi connectivity index (χ1) is 13.7. The fraction of sp³-hybridized carbons (Fsp3) is 0.435. The fourth-order valence-corrected chi connectivity index (χ4v) is 3.52. The number of ether oxygens (including phenoxy) is 2. The zero-order valence-corrected chi connectivity index (χ0v) is 16.3. The van der Waals surface area contributed by atoms with Gasteiger partial charge in [0, 0.05) is 19.5 Å². The number of rotatable bonds is 11. The topological polar surface area (TPSA) is 59.0 Å². The van der Waals surface area contributed by atoms with Crippen LogP contribution in [-0.2, 0) is 22.4 Å². The van der Waals surface area contributed by atoms with E-state index in [2.05, 4.69) is 30.3 Å². The van der Waals surface area contributed by atoms with Crippen LogP contribution in [0.2, 0.25) is 0 Å². The van der Waals surface area contributed by atoms with Gasteiger partial charge in [0.05, 0.1) is 13.2 Å². The van der Waals surface area contributed by atoms with E-state index in [1.165, 1.54) is 11.1 Å². The minimum atomic E-state index is -0.908. The highest BCUT2D eigenvalue weighted by molar-refractivity contribution is 5.71. The van der Waals surface area contributed by atoms with Gasteiger partial charge in [-0.25, -0.2) is 4.79 Å². The van der Waals surface area contributed by atoms with Crippen LogP contribution in [0.5, 0.6) is 5.75 Å². The lowest BCUT2D eigenvalue weighted by Gasteiger charge is -2.23. The van der Waals surface area contributed by atoms with E-state index in [-0.39, 0.29) is 0 Å². The summed E-state index contributed by atoms with van der Waals surface area (Å²) in [5, 5.41) is 9.36. The van der Waals surface area contributed by atoms with E-state index in [9.17, 15) is 9.90 Å². The maximum atomic E-state index is 11.4. The van der Waals surface area contributed by atoms with Crippen molar-refractivity contribution in [2.75, 3.05) is 26.3 Å². The highest BCUT2D eigenvalue weighted by atomic mass is 16.5. The van der Waals surface area contributed by atoms with Crippen LogP contribution in [0.1, 0.15) is 30.4 Å². The van der Waals surface area contributed by atoms with Gasteiger partial charge in [0.15, 0.2) is 0 Å². The Labute approximate surface area is 166 Å². The average molecular weight is 383 g/mol. The quantitative estimate of drug-likeness (QED) is 0.599. The van der Waals surface area contributed by atoms with Gasteiger partial charge < -0.3 is 14.6 Å². The summed E-state index contributed by atoms with van der Waals surface area (Å²) in [5.41, 5.74) is 2.50. The van der Waals surface area contributed by atoms with Gasteiger partial charge >= 0.3 is 5.97 Å². The summed E-state index contributed by atoms with van der Waals surface area (Å²) in [6.07, 6.45) is 3.80. The number of carboxylic acids is 1. The molecule has 150 valence electrons. The molecule has 0 amide bonds. The summed E-state index contributed by atoms with van der Waals surface area (Å²) in [5.74, 6) is -0.0122. The molecule has 2 aromatic rings. The first-order valence-electron chi connectivity index (χ1n) is 10.1. The number of likely N-dealkylation sites (tertiary alicyclic amines) is 1. The first kappa shape index (κ1) is 20.4. The predicted octanol–water partition coefficient (Wildman–Crippen LogP) is 3.76. The van der Waals surface area contributed by atoms with Crippen molar-refractivity contribution in [1.29, 1.82) is 0 Å². The highest BCUT2D eigenvalue weighted by Crippen LogP contribution is 2.20. The van der Waals surface area contributed by atoms with Crippen molar-refractivity contribution in [3.63, 3.8) is 0 Å². The van der Waals surface area contributed by atoms with Gasteiger partial charge in [0.1, 0.15) is 5.75 Å². The third-order valence-electron chi connectivity index (χ3n) is 5.00. The van der Waals surface area contributed by atoms with Crippen molar-refractivity contribution in [2.24, 2.45) is 0 Å². The molecular formula is C23H29NO4. The Hall–Kier alpha value is -2.37. The summed E-state index contributed by atoms with van der Waals surface area (Å²) in [6, 6.07) is 18.5.